The molecule has 2 heterocycles. The predicted molar refractivity (Wildman–Crippen MR) is 115 cm³/mol. The summed E-state index contributed by atoms with van der Waals surface area (Å²) in [7, 11) is -2.08. The van der Waals surface area contributed by atoms with E-state index < -0.39 is 10.0 Å². The number of nitrogens with zero attached hydrogens (tertiary/aromatic N) is 3. The summed E-state index contributed by atoms with van der Waals surface area (Å²) in [4.78, 5) is 18.5. The first-order valence-electron chi connectivity index (χ1n) is 8.66. The number of sulfonamides is 1. The van der Waals surface area contributed by atoms with Crippen LogP contribution in [0.5, 0.6) is 0 Å². The number of urea groups is 1. The van der Waals surface area contributed by atoms with Crippen molar-refractivity contribution >= 4 is 44.1 Å². The van der Waals surface area contributed by atoms with Gasteiger partial charge in [0.05, 0.1) is 15.6 Å². The van der Waals surface area contributed by atoms with Crippen molar-refractivity contribution in [3.05, 3.63) is 53.7 Å². The fraction of sp³-hybridized carbons (Fsp3) is 0.222. The minimum Gasteiger partial charge on any atom is -0.354 e. The third kappa shape index (κ3) is 4.55. The number of anilines is 1. The molecule has 11 heteroatoms. The van der Waals surface area contributed by atoms with Gasteiger partial charge < -0.3 is 10.2 Å². The Bertz CT molecular complexity index is 1080. The van der Waals surface area contributed by atoms with Crippen molar-refractivity contribution in [2.75, 3.05) is 18.9 Å². The molecule has 3 rings (SSSR count). The number of thiazole rings is 1. The van der Waals surface area contributed by atoms with E-state index in [1.807, 2.05) is 6.92 Å². The van der Waals surface area contributed by atoms with Crippen molar-refractivity contribution in [2.45, 2.75) is 18.7 Å². The van der Waals surface area contributed by atoms with Crippen LogP contribution in [-0.4, -0.2) is 42.2 Å². The largest absolute Gasteiger partial charge is 0.354 e. The normalized spacial score (nSPS) is 13.7. The maximum Gasteiger partial charge on any atom is 0.321 e. The minimum atomic E-state index is -3.87. The fourth-order valence-electron chi connectivity index (χ4n) is 2.58. The van der Waals surface area contributed by atoms with Gasteiger partial charge in [-0.05, 0) is 31.5 Å². The van der Waals surface area contributed by atoms with Gasteiger partial charge in [-0.2, -0.15) is 0 Å². The van der Waals surface area contributed by atoms with Crippen LogP contribution in [-0.2, 0) is 10.0 Å². The van der Waals surface area contributed by atoms with Crippen LogP contribution in [0, 0.1) is 6.92 Å². The van der Waals surface area contributed by atoms with E-state index in [1.165, 1.54) is 29.8 Å². The van der Waals surface area contributed by atoms with Gasteiger partial charge in [0.2, 0.25) is 0 Å². The number of aromatic nitrogens is 1. The van der Waals surface area contributed by atoms with Gasteiger partial charge in [0.25, 0.3) is 10.0 Å². The smallest absolute Gasteiger partial charge is 0.321 e. The summed E-state index contributed by atoms with van der Waals surface area (Å²) < 4.78 is 27.2. The van der Waals surface area contributed by atoms with Gasteiger partial charge in [-0.15, -0.1) is 0 Å². The minimum absolute atomic E-state index is 0.0124. The molecular formula is C18H20ClN5O3S2. The molecule has 0 fully saturated rings. The molecule has 0 unspecified atom stereocenters. The van der Waals surface area contributed by atoms with Gasteiger partial charge in [0, 0.05) is 38.4 Å². The lowest BCUT2D eigenvalue weighted by Gasteiger charge is -2.22. The molecule has 0 aliphatic carbocycles. The maximum atomic E-state index is 13.0. The Morgan fingerprint density at radius 1 is 1.24 bits per heavy atom. The van der Waals surface area contributed by atoms with E-state index in [0.717, 1.165) is 9.18 Å². The Balaban J connectivity index is 1.96. The molecule has 0 saturated carbocycles. The first-order chi connectivity index (χ1) is 13.7. The van der Waals surface area contributed by atoms with Gasteiger partial charge in [0.15, 0.2) is 5.13 Å². The number of aryl methyl sites for hydroxylation is 1. The summed E-state index contributed by atoms with van der Waals surface area (Å²) in [6, 6.07) is 4.45. The third-order valence-electron chi connectivity index (χ3n) is 4.00. The molecule has 0 radical (unpaired) electrons. The molecular weight excluding hydrogens is 434 g/mol. The molecule has 1 aliphatic rings. The van der Waals surface area contributed by atoms with Crippen LogP contribution < -0.4 is 10.6 Å². The van der Waals surface area contributed by atoms with E-state index in [4.69, 9.17) is 11.6 Å². The van der Waals surface area contributed by atoms with Gasteiger partial charge in [-0.1, -0.05) is 29.0 Å². The summed E-state index contributed by atoms with van der Waals surface area (Å²) in [5, 5.41) is 5.85. The standard InChI is InChI=1S/C18H20ClN5O3S2/c1-4-20-17(25)22-18-21-12(2)16(28-18)13-5-6-14(19)15(11-13)29(26,27)24-9-7-23(3)8-10-24/h5-11H,4H2,1-3H3,(H2,20,21,22,25). The lowest BCUT2D eigenvalue weighted by atomic mass is 10.2. The second-order valence-corrected chi connectivity index (χ2v) is 9.38. The second-order valence-electron chi connectivity index (χ2n) is 6.16. The second kappa shape index (κ2) is 8.44. The van der Waals surface area contributed by atoms with Crippen LogP contribution >= 0.6 is 22.9 Å². The number of halogens is 1. The maximum absolute atomic E-state index is 13.0. The molecule has 154 valence electrons. The van der Waals surface area contributed by atoms with Crippen LogP contribution in [0.3, 0.4) is 0 Å². The zero-order chi connectivity index (χ0) is 21.2. The number of benzene rings is 1. The Labute approximate surface area is 178 Å². The molecule has 1 aromatic heterocycles. The molecule has 0 atom stereocenters. The highest BCUT2D eigenvalue weighted by Gasteiger charge is 2.25. The lowest BCUT2D eigenvalue weighted by Crippen LogP contribution is -2.28. The molecule has 2 aromatic rings. The van der Waals surface area contributed by atoms with Gasteiger partial charge in [-0.3, -0.25) is 5.32 Å². The molecule has 29 heavy (non-hydrogen) atoms. The summed E-state index contributed by atoms with van der Waals surface area (Å²) in [6.07, 6.45) is 6.15. The van der Waals surface area contributed by atoms with Crippen LogP contribution in [0.25, 0.3) is 10.4 Å². The van der Waals surface area contributed by atoms with E-state index in [2.05, 4.69) is 15.6 Å². The Morgan fingerprint density at radius 2 is 1.93 bits per heavy atom. The highest BCUT2D eigenvalue weighted by atomic mass is 35.5. The quantitative estimate of drug-likeness (QED) is 0.718. The molecule has 0 spiro atoms. The summed E-state index contributed by atoms with van der Waals surface area (Å²) in [5.74, 6) is 0. The number of carbonyl (C=O) groups is 1. The first kappa shape index (κ1) is 21.2. The molecule has 8 nitrogen and oxygen atoms in total. The van der Waals surface area contributed by atoms with Crippen molar-refractivity contribution in [3.8, 4) is 10.4 Å². The summed E-state index contributed by atoms with van der Waals surface area (Å²) in [5.41, 5.74) is 1.32. The van der Waals surface area contributed by atoms with E-state index in [1.54, 1.807) is 43.4 Å². The van der Waals surface area contributed by atoms with Gasteiger partial charge >= 0.3 is 6.03 Å². The lowest BCUT2D eigenvalue weighted by molar-refractivity contribution is 0.252. The average Bonchev–Trinajstić information content (AvgIpc) is 3.02. The van der Waals surface area contributed by atoms with E-state index >= 15 is 0 Å². The number of carbonyl (C=O) groups excluding carboxylic acids is 1. The van der Waals surface area contributed by atoms with Gasteiger partial charge in [-0.25, -0.2) is 22.5 Å². The Morgan fingerprint density at radius 3 is 2.59 bits per heavy atom. The monoisotopic (exact) mass is 453 g/mol. The van der Waals surface area contributed by atoms with E-state index in [-0.39, 0.29) is 15.9 Å². The SMILES string of the molecule is CCNC(=O)Nc1nc(C)c(-c2ccc(Cl)c(S(=O)(=O)N3C=CN(C)C=C3)c2)s1. The topological polar surface area (TPSA) is 94.6 Å². The van der Waals surface area contributed by atoms with Crippen LogP contribution in [0.15, 0.2) is 47.9 Å². The predicted octanol–water partition coefficient (Wildman–Crippen LogP) is 3.79. The number of rotatable bonds is 5. The van der Waals surface area contributed by atoms with Crippen molar-refractivity contribution in [1.82, 2.24) is 19.5 Å². The average molecular weight is 454 g/mol. The highest BCUT2D eigenvalue weighted by molar-refractivity contribution is 7.89. The Kier molecular flexibility index (Phi) is 6.15. The van der Waals surface area contributed by atoms with Gasteiger partial charge in [0.1, 0.15) is 4.90 Å². The summed E-state index contributed by atoms with van der Waals surface area (Å²) >= 11 is 7.48. The molecule has 1 aliphatic heterocycles. The highest BCUT2D eigenvalue weighted by Crippen LogP contribution is 2.36. The molecule has 1 aromatic carbocycles. The van der Waals surface area contributed by atoms with Crippen molar-refractivity contribution in [2.24, 2.45) is 0 Å². The van der Waals surface area contributed by atoms with Crippen LogP contribution in [0.1, 0.15) is 12.6 Å². The zero-order valence-corrected chi connectivity index (χ0v) is 18.4. The summed E-state index contributed by atoms with van der Waals surface area (Å²) in [6.45, 7) is 4.11. The number of nitrogens with one attached hydrogen (secondary N) is 2. The number of hydrogen-bond acceptors (Lipinski definition) is 6. The first-order valence-corrected chi connectivity index (χ1v) is 11.3. The van der Waals surface area contributed by atoms with Crippen molar-refractivity contribution < 1.29 is 13.2 Å². The zero-order valence-electron chi connectivity index (χ0n) is 16.0. The number of hydrogen-bond donors (Lipinski definition) is 2. The molecule has 2 N–H and O–H groups in total. The third-order valence-corrected chi connectivity index (χ3v) is 7.26. The van der Waals surface area contributed by atoms with Crippen LogP contribution in [0.4, 0.5) is 9.93 Å². The number of amides is 2. The van der Waals surface area contributed by atoms with Crippen LogP contribution in [0.2, 0.25) is 5.02 Å². The molecule has 0 saturated heterocycles. The van der Waals surface area contributed by atoms with Crippen molar-refractivity contribution in [3.63, 3.8) is 0 Å². The van der Waals surface area contributed by atoms with E-state index in [0.29, 0.717) is 22.9 Å². The van der Waals surface area contributed by atoms with E-state index in [9.17, 15) is 13.2 Å². The fourth-order valence-corrected chi connectivity index (χ4v) is 5.19. The molecule has 0 bridgehead atoms. The Hall–Kier alpha value is -2.56. The molecule has 2 amide bonds. The van der Waals surface area contributed by atoms with Crippen molar-refractivity contribution in [1.29, 1.82) is 0 Å².